The average Bonchev–Trinajstić information content (AvgIpc) is 2.75. The number of ketones is 1. The molecule has 0 bridgehead atoms. The van der Waals surface area contributed by atoms with Gasteiger partial charge in [0.05, 0.1) is 0 Å². The number of rotatable bonds is 1. The summed E-state index contributed by atoms with van der Waals surface area (Å²) in [4.78, 5) is 15.3. The molecule has 1 saturated carbocycles. The third kappa shape index (κ3) is 1.68. The Morgan fingerprint density at radius 1 is 1.29 bits per heavy atom. The summed E-state index contributed by atoms with van der Waals surface area (Å²) in [5, 5.41) is 1.26. The lowest BCUT2D eigenvalue weighted by Crippen LogP contribution is -2.16. The Morgan fingerprint density at radius 3 is 3.00 bits per heavy atom. The van der Waals surface area contributed by atoms with E-state index in [0.717, 1.165) is 24.8 Å². The lowest BCUT2D eigenvalue weighted by Gasteiger charge is -2.20. The minimum absolute atomic E-state index is 0.124. The molecule has 2 aromatic rings. The molecule has 1 unspecified atom stereocenters. The monoisotopic (exact) mass is 227 g/mol. The van der Waals surface area contributed by atoms with Gasteiger partial charge in [0.25, 0.3) is 0 Å². The molecular formula is C15H17NO. The summed E-state index contributed by atoms with van der Waals surface area (Å²) in [5.74, 6) is 0.541. The first kappa shape index (κ1) is 10.6. The Hall–Kier alpha value is -1.57. The van der Waals surface area contributed by atoms with E-state index in [1.807, 2.05) is 6.20 Å². The van der Waals surface area contributed by atoms with Crippen LogP contribution in [0.2, 0.25) is 0 Å². The summed E-state index contributed by atoms with van der Waals surface area (Å²) in [7, 11) is 0. The van der Waals surface area contributed by atoms with Gasteiger partial charge in [0.15, 0.2) is 0 Å². The van der Waals surface area contributed by atoms with Gasteiger partial charge < -0.3 is 4.98 Å². The highest BCUT2D eigenvalue weighted by molar-refractivity contribution is 5.94. The summed E-state index contributed by atoms with van der Waals surface area (Å²) in [6.07, 6.45) is 6.04. The van der Waals surface area contributed by atoms with Gasteiger partial charge in [-0.3, -0.25) is 4.79 Å². The first-order chi connectivity index (χ1) is 8.27. The summed E-state index contributed by atoms with van der Waals surface area (Å²) < 4.78 is 0. The minimum atomic E-state index is 0.124. The van der Waals surface area contributed by atoms with E-state index in [1.165, 1.54) is 22.9 Å². The third-order valence-electron chi connectivity index (χ3n) is 3.87. The number of aryl methyl sites for hydroxylation is 1. The number of hydrogen-bond acceptors (Lipinski definition) is 1. The molecule has 1 fully saturated rings. The molecule has 1 aliphatic rings. The maximum atomic E-state index is 12.0. The number of carbonyl (C=O) groups is 1. The van der Waals surface area contributed by atoms with Crippen molar-refractivity contribution >= 4 is 16.7 Å². The highest BCUT2D eigenvalue weighted by Gasteiger charge is 2.26. The lowest BCUT2D eigenvalue weighted by atomic mass is 9.82. The molecule has 88 valence electrons. The quantitative estimate of drug-likeness (QED) is 0.791. The topological polar surface area (TPSA) is 32.9 Å². The second-order valence-corrected chi connectivity index (χ2v) is 5.01. The number of hydrogen-bond donors (Lipinski definition) is 1. The van der Waals surface area contributed by atoms with E-state index < -0.39 is 0 Å². The zero-order valence-corrected chi connectivity index (χ0v) is 10.1. The molecule has 0 radical (unpaired) electrons. The van der Waals surface area contributed by atoms with Crippen LogP contribution >= 0.6 is 0 Å². The van der Waals surface area contributed by atoms with Crippen molar-refractivity contribution in [2.24, 2.45) is 0 Å². The van der Waals surface area contributed by atoms with Crippen LogP contribution in [-0.2, 0) is 4.79 Å². The zero-order valence-electron chi connectivity index (χ0n) is 10.1. The average molecular weight is 227 g/mol. The number of Topliss-reactive ketones (excluding diaryl/α,β-unsaturated/α-hetero) is 1. The van der Waals surface area contributed by atoms with Gasteiger partial charge in [-0.2, -0.15) is 0 Å². The van der Waals surface area contributed by atoms with Crippen molar-refractivity contribution < 1.29 is 4.79 Å². The summed E-state index contributed by atoms with van der Waals surface area (Å²) in [5.41, 5.74) is 3.62. The molecular weight excluding hydrogens is 210 g/mol. The Labute approximate surface area is 101 Å². The van der Waals surface area contributed by atoms with E-state index >= 15 is 0 Å². The highest BCUT2D eigenvalue weighted by atomic mass is 16.1. The summed E-state index contributed by atoms with van der Waals surface area (Å²) in [6.45, 7) is 2.12. The Kier molecular flexibility index (Phi) is 2.50. The van der Waals surface area contributed by atoms with Gasteiger partial charge in [-0.1, -0.05) is 18.6 Å². The summed E-state index contributed by atoms with van der Waals surface area (Å²) >= 11 is 0. The van der Waals surface area contributed by atoms with Crippen LogP contribution in [-0.4, -0.2) is 10.8 Å². The van der Waals surface area contributed by atoms with Gasteiger partial charge in [-0.15, -0.1) is 0 Å². The third-order valence-corrected chi connectivity index (χ3v) is 3.87. The second-order valence-electron chi connectivity index (χ2n) is 5.01. The van der Waals surface area contributed by atoms with Crippen LogP contribution < -0.4 is 0 Å². The van der Waals surface area contributed by atoms with Crippen molar-refractivity contribution in [3.05, 3.63) is 35.5 Å². The number of fused-ring (bicyclic) bond motifs is 1. The molecule has 0 spiro atoms. The van der Waals surface area contributed by atoms with Gasteiger partial charge in [0.2, 0.25) is 0 Å². The predicted octanol–water partition coefficient (Wildman–Crippen LogP) is 3.70. The van der Waals surface area contributed by atoms with Crippen LogP contribution in [0, 0.1) is 6.92 Å². The van der Waals surface area contributed by atoms with Crippen LogP contribution in [0.5, 0.6) is 0 Å². The van der Waals surface area contributed by atoms with Crippen LogP contribution in [0.25, 0.3) is 10.9 Å². The van der Waals surface area contributed by atoms with E-state index in [0.29, 0.717) is 5.78 Å². The maximum absolute atomic E-state index is 12.0. The van der Waals surface area contributed by atoms with Crippen molar-refractivity contribution in [3.63, 3.8) is 0 Å². The van der Waals surface area contributed by atoms with E-state index in [-0.39, 0.29) is 5.92 Å². The van der Waals surface area contributed by atoms with Crippen molar-refractivity contribution in [2.75, 3.05) is 0 Å². The van der Waals surface area contributed by atoms with E-state index in [1.54, 1.807) is 0 Å². The second kappa shape index (κ2) is 4.02. The van der Waals surface area contributed by atoms with Crippen LogP contribution in [0.15, 0.2) is 24.4 Å². The Balaban J connectivity index is 2.13. The number of H-pyrrole nitrogens is 1. The van der Waals surface area contributed by atoms with E-state index in [2.05, 4.69) is 30.1 Å². The van der Waals surface area contributed by atoms with E-state index in [4.69, 9.17) is 0 Å². The van der Waals surface area contributed by atoms with Crippen LogP contribution in [0.4, 0.5) is 0 Å². The first-order valence-corrected chi connectivity index (χ1v) is 6.36. The first-order valence-electron chi connectivity index (χ1n) is 6.36. The lowest BCUT2D eigenvalue weighted by molar-refractivity contribution is -0.121. The molecule has 1 aromatic carbocycles. The molecule has 0 amide bonds. The summed E-state index contributed by atoms with van der Waals surface area (Å²) in [6, 6.07) is 6.26. The minimum Gasteiger partial charge on any atom is -0.361 e. The standard InChI is InChI=1S/C15H17NO/c1-10-5-4-7-13-15(10)12(9-16-13)11-6-2-3-8-14(11)17/h4-5,7,9,11,16H,2-3,6,8H2,1H3. The number of aromatic amines is 1. The molecule has 0 saturated heterocycles. The molecule has 1 aliphatic carbocycles. The fourth-order valence-electron chi connectivity index (χ4n) is 2.99. The van der Waals surface area contributed by atoms with Crippen LogP contribution in [0.1, 0.15) is 42.7 Å². The molecule has 1 atom stereocenters. The molecule has 17 heavy (non-hydrogen) atoms. The molecule has 1 aromatic heterocycles. The molecule has 3 rings (SSSR count). The number of carbonyl (C=O) groups excluding carboxylic acids is 1. The van der Waals surface area contributed by atoms with Crippen molar-refractivity contribution in [3.8, 4) is 0 Å². The predicted molar refractivity (Wildman–Crippen MR) is 69.3 cm³/mol. The zero-order chi connectivity index (χ0) is 11.8. The molecule has 0 aliphatic heterocycles. The Bertz CT molecular complexity index is 567. The number of benzene rings is 1. The molecule has 2 heteroatoms. The molecule has 1 heterocycles. The van der Waals surface area contributed by atoms with Crippen LogP contribution in [0.3, 0.4) is 0 Å². The van der Waals surface area contributed by atoms with Crippen molar-refractivity contribution in [1.29, 1.82) is 0 Å². The number of nitrogens with one attached hydrogen (secondary N) is 1. The van der Waals surface area contributed by atoms with Gasteiger partial charge >= 0.3 is 0 Å². The van der Waals surface area contributed by atoms with Gasteiger partial charge in [-0.05, 0) is 37.0 Å². The molecule has 1 N–H and O–H groups in total. The van der Waals surface area contributed by atoms with Gasteiger partial charge in [-0.25, -0.2) is 0 Å². The Morgan fingerprint density at radius 2 is 2.18 bits per heavy atom. The smallest absolute Gasteiger partial charge is 0.140 e. The van der Waals surface area contributed by atoms with Crippen molar-refractivity contribution in [2.45, 2.75) is 38.5 Å². The van der Waals surface area contributed by atoms with Crippen molar-refractivity contribution in [1.82, 2.24) is 4.98 Å². The largest absolute Gasteiger partial charge is 0.361 e. The highest BCUT2D eigenvalue weighted by Crippen LogP contribution is 2.35. The van der Waals surface area contributed by atoms with Gasteiger partial charge in [0, 0.05) is 29.4 Å². The van der Waals surface area contributed by atoms with Gasteiger partial charge in [0.1, 0.15) is 5.78 Å². The maximum Gasteiger partial charge on any atom is 0.140 e. The number of aromatic nitrogens is 1. The normalized spacial score (nSPS) is 21.0. The fraction of sp³-hybridized carbons (Fsp3) is 0.400. The fourth-order valence-corrected chi connectivity index (χ4v) is 2.99. The molecule has 2 nitrogen and oxygen atoms in total. The SMILES string of the molecule is Cc1cccc2[nH]cc(C3CCCCC3=O)c12. The van der Waals surface area contributed by atoms with E-state index in [9.17, 15) is 4.79 Å².